The minimum absolute atomic E-state index is 0.0637. The zero-order valence-corrected chi connectivity index (χ0v) is 61.2. The lowest BCUT2D eigenvalue weighted by atomic mass is 9.91. The number of rotatable bonds is 40. The van der Waals surface area contributed by atoms with Crippen LogP contribution in [0.25, 0.3) is 0 Å². The van der Waals surface area contributed by atoms with E-state index >= 15 is 0 Å². The van der Waals surface area contributed by atoms with Crippen LogP contribution < -0.4 is 31.9 Å². The molecule has 0 aliphatic heterocycles. The number of hydrogen-bond donors (Lipinski definition) is 9. The largest absolute Gasteiger partial charge is 0.480 e. The van der Waals surface area contributed by atoms with Crippen LogP contribution in [0.15, 0.2) is 12.2 Å². The van der Waals surface area contributed by atoms with E-state index < -0.39 is 168 Å². The molecule has 0 aliphatic carbocycles. The van der Waals surface area contributed by atoms with E-state index in [4.69, 9.17) is 4.74 Å². The number of hydrogen-bond acceptors (Lipinski definition) is 15. The molecular formula is C67H121N11O16. The number of nitrogens with one attached hydrogen (secondary N) is 6. The number of aliphatic carboxylic acids is 1. The van der Waals surface area contributed by atoms with Gasteiger partial charge in [0.15, 0.2) is 0 Å². The van der Waals surface area contributed by atoms with E-state index in [0.717, 1.165) is 14.7 Å². The second kappa shape index (κ2) is 40.5. The summed E-state index contributed by atoms with van der Waals surface area (Å²) in [7, 11) is 6.61. The number of ether oxygens (including phenoxy) is 1. The number of carboxylic acid groups (broad SMARTS) is 1. The maximum Gasteiger partial charge on any atom is 0.408 e. The van der Waals surface area contributed by atoms with Crippen LogP contribution in [-0.4, -0.2) is 231 Å². The second-order valence-corrected chi connectivity index (χ2v) is 28.2. The van der Waals surface area contributed by atoms with Gasteiger partial charge in [-0.1, -0.05) is 116 Å². The fourth-order valence-electron chi connectivity index (χ4n) is 10.6. The number of carbonyl (C=O) groups excluding carboxylic acids is 11. The van der Waals surface area contributed by atoms with Crippen molar-refractivity contribution >= 4 is 71.1 Å². The number of aliphatic hydroxyl groups excluding tert-OH is 2. The third-order valence-corrected chi connectivity index (χ3v) is 16.9. The van der Waals surface area contributed by atoms with E-state index in [0.29, 0.717) is 12.8 Å². The summed E-state index contributed by atoms with van der Waals surface area (Å²) in [6.07, 6.45) is 1.37. The lowest BCUT2D eigenvalue weighted by molar-refractivity contribution is -0.155. The summed E-state index contributed by atoms with van der Waals surface area (Å²) < 4.78 is 5.57. The quantitative estimate of drug-likeness (QED) is 0.0394. The van der Waals surface area contributed by atoms with Gasteiger partial charge >= 0.3 is 12.1 Å². The maximum absolute atomic E-state index is 14.9. The van der Waals surface area contributed by atoms with Crippen molar-refractivity contribution in [2.24, 2.45) is 41.4 Å². The van der Waals surface area contributed by atoms with E-state index in [-0.39, 0.29) is 61.7 Å². The fraction of sp³-hybridized carbons (Fsp3) is 0.791. The molecule has 27 heteroatoms. The maximum atomic E-state index is 14.9. The number of amides is 11. The monoisotopic (exact) mass is 1340 g/mol. The molecule has 11 amide bonds. The molecule has 0 spiro atoms. The first-order valence-corrected chi connectivity index (χ1v) is 33.3. The Hall–Kier alpha value is -6.90. The molecule has 14 atom stereocenters. The molecule has 0 bridgehead atoms. The number of aliphatic hydroxyl groups is 2. The predicted octanol–water partition coefficient (Wildman–Crippen LogP) is 3.82. The van der Waals surface area contributed by atoms with Crippen molar-refractivity contribution in [2.45, 2.75) is 262 Å². The Balaban J connectivity index is 6.95. The number of carbonyl (C=O) groups is 12. The molecule has 0 aromatic carbocycles. The van der Waals surface area contributed by atoms with Crippen LogP contribution in [0.4, 0.5) is 4.79 Å². The van der Waals surface area contributed by atoms with Gasteiger partial charge in [0.2, 0.25) is 59.1 Å². The third-order valence-electron chi connectivity index (χ3n) is 16.9. The number of alkyl carbamates (subject to hydrolysis) is 1. The summed E-state index contributed by atoms with van der Waals surface area (Å²) in [6, 6.07) is -13.1. The van der Waals surface area contributed by atoms with E-state index in [1.54, 1.807) is 60.6 Å². The third kappa shape index (κ3) is 27.8. The Bertz CT molecular complexity index is 2560. The zero-order chi connectivity index (χ0) is 73.3. The van der Waals surface area contributed by atoms with Crippen molar-refractivity contribution in [3.63, 3.8) is 0 Å². The van der Waals surface area contributed by atoms with Crippen LogP contribution >= 0.6 is 0 Å². The van der Waals surface area contributed by atoms with Crippen LogP contribution in [0.3, 0.4) is 0 Å². The Morgan fingerprint density at radius 1 is 0.479 bits per heavy atom. The molecule has 0 saturated heterocycles. The van der Waals surface area contributed by atoms with Gasteiger partial charge < -0.3 is 76.5 Å². The van der Waals surface area contributed by atoms with Crippen molar-refractivity contribution in [1.82, 2.24) is 56.4 Å². The second-order valence-electron chi connectivity index (χ2n) is 28.2. The van der Waals surface area contributed by atoms with Crippen molar-refractivity contribution in [1.29, 1.82) is 0 Å². The molecule has 0 aliphatic rings. The van der Waals surface area contributed by atoms with Gasteiger partial charge in [0.1, 0.15) is 72.6 Å². The average molecular weight is 1340 g/mol. The molecule has 540 valence electrons. The van der Waals surface area contributed by atoms with Gasteiger partial charge in [0.05, 0.1) is 12.2 Å². The molecule has 1 unspecified atom stereocenters. The highest BCUT2D eigenvalue weighted by molar-refractivity contribution is 5.99. The molecular weight excluding hydrogens is 1210 g/mol. The van der Waals surface area contributed by atoms with E-state index in [1.807, 2.05) is 69.2 Å². The van der Waals surface area contributed by atoms with E-state index in [9.17, 15) is 72.9 Å². The molecule has 0 fully saturated rings. The van der Waals surface area contributed by atoms with Gasteiger partial charge in [-0.05, 0) is 121 Å². The zero-order valence-electron chi connectivity index (χ0n) is 61.2. The van der Waals surface area contributed by atoms with E-state index in [1.165, 1.54) is 65.8 Å². The predicted molar refractivity (Wildman–Crippen MR) is 359 cm³/mol. The Morgan fingerprint density at radius 3 is 1.34 bits per heavy atom. The molecule has 9 N–H and O–H groups in total. The molecule has 0 heterocycles. The standard InChI is InChI=1S/C67H121N11O16/c1-26-29-30-42(15)55(82)54(60(87)72-52(45(18)79)64(91)74(21)35-50(80)81)78(25)65(92)53(40(12)13)77(24)63(90)47(32-37(6)7)70-58(85)49(34-39(10)11)75(22)61(88)44(17)69-56(83)43(16)68-57(84)48(33-38(8)9)76(23)62(89)46(31-36(4)5)71-59(86)51(41(14)27-2)73-66(93)94-67(19,20)28-3/h26,29,36-49,51-55,79,82H,27-28,30-35H2,1-25H3,(H,68,84)(H,69,83)(H,70,85)(H,71,86)(H,72,87)(H,73,93)(H,80,81)/t41?,42-,43+,44-,45-,46+,47+,48+,49+,51-,52+,53+,54+,55-/m1/s1. The van der Waals surface area contributed by atoms with Gasteiger partial charge in [0, 0.05) is 35.2 Å². The highest BCUT2D eigenvalue weighted by Gasteiger charge is 2.45. The lowest BCUT2D eigenvalue weighted by Gasteiger charge is -2.40. The van der Waals surface area contributed by atoms with Gasteiger partial charge in [-0.2, -0.15) is 0 Å². The summed E-state index contributed by atoms with van der Waals surface area (Å²) in [5, 5.41) is 47.9. The summed E-state index contributed by atoms with van der Waals surface area (Å²) in [5.41, 5.74) is -0.797. The Morgan fingerprint density at radius 2 is 0.915 bits per heavy atom. The fourth-order valence-corrected chi connectivity index (χ4v) is 10.6. The highest BCUT2D eigenvalue weighted by Crippen LogP contribution is 2.24. The number of carboxylic acids is 1. The first-order chi connectivity index (χ1) is 43.2. The molecule has 0 aromatic heterocycles. The van der Waals surface area contributed by atoms with Crippen molar-refractivity contribution in [3.8, 4) is 0 Å². The SMILES string of the molecule is CC=CC[C@@H](C)[C@@H](O)[C@@H](C(=O)N[C@H](C(=O)N(C)CC(=O)O)[C@@H](C)O)N(C)C(=O)[C@H](C(C)C)N(C)C(=O)[C@H](CC(C)C)NC(=O)[C@H](CC(C)C)N(C)C(=O)[C@@H](C)NC(=O)[C@H](C)NC(=O)[C@H](CC(C)C)N(C)C(=O)[C@H](CC(C)C)NC(=O)[C@H](NC(=O)OC(C)(C)CC)C(C)CC. The minimum Gasteiger partial charge on any atom is -0.480 e. The topological polar surface area (TPSA) is 363 Å². The first-order valence-electron chi connectivity index (χ1n) is 33.3. The van der Waals surface area contributed by atoms with Crippen molar-refractivity contribution in [2.75, 3.05) is 41.8 Å². The molecule has 0 radical (unpaired) electrons. The Labute approximate surface area is 560 Å². The van der Waals surface area contributed by atoms with Gasteiger partial charge in [-0.3, -0.25) is 52.7 Å². The van der Waals surface area contributed by atoms with Crippen LogP contribution in [0, 0.1) is 41.4 Å². The number of likely N-dealkylation sites (N-methyl/N-ethyl adjacent to an activating group) is 5. The molecule has 0 saturated carbocycles. The summed E-state index contributed by atoms with van der Waals surface area (Å²) in [6.45, 7) is 33.7. The van der Waals surface area contributed by atoms with Crippen LogP contribution in [0.2, 0.25) is 0 Å². The first kappa shape index (κ1) is 87.1. The molecule has 0 rings (SSSR count). The van der Waals surface area contributed by atoms with Crippen LogP contribution in [0.1, 0.15) is 183 Å². The normalized spacial score (nSPS) is 16.3. The number of nitrogens with zero attached hydrogens (tertiary/aromatic N) is 5. The Kier molecular flexibility index (Phi) is 37.5. The molecule has 94 heavy (non-hydrogen) atoms. The minimum atomic E-state index is -1.72. The summed E-state index contributed by atoms with van der Waals surface area (Å²) in [5.74, 6) is -11.2. The van der Waals surface area contributed by atoms with Gasteiger partial charge in [0.25, 0.3) is 0 Å². The molecule has 27 nitrogen and oxygen atoms in total. The lowest BCUT2D eigenvalue weighted by Crippen LogP contribution is -2.64. The van der Waals surface area contributed by atoms with Crippen molar-refractivity contribution < 1.29 is 77.6 Å². The average Bonchev–Trinajstić information content (AvgIpc) is 0.809. The highest BCUT2D eigenvalue weighted by atomic mass is 16.6. The van der Waals surface area contributed by atoms with Gasteiger partial charge in [-0.15, -0.1) is 0 Å². The van der Waals surface area contributed by atoms with Gasteiger partial charge in [-0.25, -0.2) is 4.79 Å². The molecule has 0 aromatic rings. The summed E-state index contributed by atoms with van der Waals surface area (Å²) >= 11 is 0. The summed E-state index contributed by atoms with van der Waals surface area (Å²) in [4.78, 5) is 173. The van der Waals surface area contributed by atoms with Crippen LogP contribution in [-0.2, 0) is 57.5 Å². The van der Waals surface area contributed by atoms with Crippen LogP contribution in [0.5, 0.6) is 0 Å². The van der Waals surface area contributed by atoms with Crippen molar-refractivity contribution in [3.05, 3.63) is 12.2 Å². The smallest absolute Gasteiger partial charge is 0.408 e. The van der Waals surface area contributed by atoms with E-state index in [2.05, 4.69) is 31.9 Å². The number of allylic oxidation sites excluding steroid dienone is 2.